The highest BCUT2D eigenvalue weighted by Crippen LogP contribution is 2.22. The molecule has 1 aliphatic heterocycles. The highest BCUT2D eigenvalue weighted by atomic mass is 16.7. The molecule has 0 amide bonds. The Hall–Kier alpha value is -1.56. The van der Waals surface area contributed by atoms with E-state index in [1.54, 1.807) is 0 Å². The van der Waals surface area contributed by atoms with Crippen molar-refractivity contribution in [2.24, 2.45) is 0 Å². The highest BCUT2D eigenvalue weighted by molar-refractivity contribution is 5.70. The fourth-order valence-corrected chi connectivity index (χ4v) is 5.59. The molecule has 6 atom stereocenters. The molecule has 47 heavy (non-hydrogen) atoms. The number of aliphatic hydroxyl groups is 4. The van der Waals surface area contributed by atoms with Crippen LogP contribution in [-0.4, -0.2) is 89.0 Å². The summed E-state index contributed by atoms with van der Waals surface area (Å²) in [4.78, 5) is 25.0. The van der Waals surface area contributed by atoms with Crippen molar-refractivity contribution in [3.8, 4) is 0 Å². The second-order valence-electron chi connectivity index (χ2n) is 13.0. The number of hydrogen-bond donors (Lipinski definition) is 4. The number of allylic oxidation sites excluding steroid dienone is 2. The smallest absolute Gasteiger partial charge is 0.306 e. The molecule has 1 rings (SSSR count). The summed E-state index contributed by atoms with van der Waals surface area (Å²) in [5, 5.41) is 39.8. The van der Waals surface area contributed by atoms with Crippen molar-refractivity contribution in [3.05, 3.63) is 12.2 Å². The SMILES string of the molecule is CCCCCCCCCCC/C=C/CCCCC(=O)O[C@H](COC(=O)CCCCCCCCC)CO[C@H]1O[C@@H](CO)[C@@H](O)C(O)C1O. The lowest BCUT2D eigenvalue weighted by Crippen LogP contribution is -2.59. The summed E-state index contributed by atoms with van der Waals surface area (Å²) in [5.41, 5.74) is 0. The first-order chi connectivity index (χ1) is 22.8. The van der Waals surface area contributed by atoms with E-state index >= 15 is 0 Å². The zero-order valence-electron chi connectivity index (χ0n) is 29.5. The van der Waals surface area contributed by atoms with Crippen molar-refractivity contribution < 1.29 is 49.0 Å². The Balaban J connectivity index is 2.40. The number of carbonyl (C=O) groups is 2. The summed E-state index contributed by atoms with van der Waals surface area (Å²) in [7, 11) is 0. The van der Waals surface area contributed by atoms with Gasteiger partial charge < -0.3 is 39.4 Å². The molecule has 276 valence electrons. The van der Waals surface area contributed by atoms with Crippen LogP contribution in [0.1, 0.15) is 155 Å². The first-order valence-corrected chi connectivity index (χ1v) is 18.8. The molecule has 0 aromatic heterocycles. The summed E-state index contributed by atoms with van der Waals surface area (Å²) in [6.07, 6.45) is 19.6. The lowest BCUT2D eigenvalue weighted by molar-refractivity contribution is -0.305. The van der Waals surface area contributed by atoms with Crippen LogP contribution in [0.2, 0.25) is 0 Å². The van der Waals surface area contributed by atoms with E-state index in [9.17, 15) is 30.0 Å². The predicted octanol–water partition coefficient (Wildman–Crippen LogP) is 6.44. The van der Waals surface area contributed by atoms with Crippen molar-refractivity contribution in [2.75, 3.05) is 19.8 Å². The van der Waals surface area contributed by atoms with Gasteiger partial charge in [-0.3, -0.25) is 9.59 Å². The summed E-state index contributed by atoms with van der Waals surface area (Å²) >= 11 is 0. The van der Waals surface area contributed by atoms with Gasteiger partial charge in [0, 0.05) is 12.8 Å². The molecule has 0 spiro atoms. The maximum absolute atomic E-state index is 12.6. The lowest BCUT2D eigenvalue weighted by Gasteiger charge is -2.39. The number of ether oxygens (including phenoxy) is 4. The fourth-order valence-electron chi connectivity index (χ4n) is 5.59. The molecule has 1 heterocycles. The van der Waals surface area contributed by atoms with Gasteiger partial charge in [0.1, 0.15) is 31.0 Å². The molecule has 0 saturated carbocycles. The molecule has 0 aliphatic carbocycles. The van der Waals surface area contributed by atoms with Crippen LogP contribution in [0.25, 0.3) is 0 Å². The Morgan fingerprint density at radius 2 is 1.13 bits per heavy atom. The number of hydrogen-bond acceptors (Lipinski definition) is 10. The maximum atomic E-state index is 12.6. The molecule has 1 saturated heterocycles. The van der Waals surface area contributed by atoms with Crippen molar-refractivity contribution in [1.29, 1.82) is 0 Å². The molecule has 10 nitrogen and oxygen atoms in total. The Morgan fingerprint density at radius 3 is 1.70 bits per heavy atom. The molecule has 1 fully saturated rings. The van der Waals surface area contributed by atoms with Crippen molar-refractivity contribution >= 4 is 11.9 Å². The number of esters is 2. The number of rotatable bonds is 30. The van der Waals surface area contributed by atoms with Crippen LogP contribution in [0.4, 0.5) is 0 Å². The van der Waals surface area contributed by atoms with Crippen molar-refractivity contribution in [1.82, 2.24) is 0 Å². The molecule has 1 aliphatic rings. The van der Waals surface area contributed by atoms with E-state index in [0.29, 0.717) is 6.42 Å². The van der Waals surface area contributed by atoms with Crippen LogP contribution in [0.3, 0.4) is 0 Å². The standard InChI is InChI=1S/C37H68O10/c1-3-5-7-9-11-12-13-14-15-16-17-18-20-22-24-26-33(40)46-30(28-44-32(39)25-23-21-19-10-8-6-4-2)29-45-37-36(43)35(42)34(41)31(27-38)47-37/h17-18,30-31,34-38,41-43H,3-16,19-29H2,1-2H3/b18-17+/t30-,31+,34-,35?,36?,37+/m1/s1. The Labute approximate surface area is 284 Å². The topological polar surface area (TPSA) is 152 Å². The summed E-state index contributed by atoms with van der Waals surface area (Å²) in [6, 6.07) is 0. The van der Waals surface area contributed by atoms with Gasteiger partial charge in [-0.15, -0.1) is 0 Å². The molecular weight excluding hydrogens is 604 g/mol. The Kier molecular flexibility index (Phi) is 27.2. The highest BCUT2D eigenvalue weighted by Gasteiger charge is 2.44. The second kappa shape index (κ2) is 29.4. The fraction of sp³-hybridized carbons (Fsp3) is 0.892. The van der Waals surface area contributed by atoms with Gasteiger partial charge >= 0.3 is 11.9 Å². The van der Waals surface area contributed by atoms with E-state index < -0.39 is 49.4 Å². The molecule has 0 bridgehead atoms. The van der Waals surface area contributed by atoms with E-state index in [1.165, 1.54) is 77.0 Å². The Bertz CT molecular complexity index is 789. The van der Waals surface area contributed by atoms with Crippen LogP contribution < -0.4 is 0 Å². The summed E-state index contributed by atoms with van der Waals surface area (Å²) in [6.45, 7) is 3.33. The Morgan fingerprint density at radius 1 is 0.638 bits per heavy atom. The molecule has 0 aromatic carbocycles. The first-order valence-electron chi connectivity index (χ1n) is 18.8. The molecule has 4 N–H and O–H groups in total. The van der Waals surface area contributed by atoms with Gasteiger partial charge in [-0.05, 0) is 38.5 Å². The largest absolute Gasteiger partial charge is 0.462 e. The number of carbonyl (C=O) groups excluding carboxylic acids is 2. The zero-order chi connectivity index (χ0) is 34.5. The third kappa shape index (κ3) is 21.9. The van der Waals surface area contributed by atoms with E-state index in [-0.39, 0.29) is 32.0 Å². The average molecular weight is 673 g/mol. The van der Waals surface area contributed by atoms with Gasteiger partial charge in [-0.2, -0.15) is 0 Å². The van der Waals surface area contributed by atoms with Gasteiger partial charge in [-0.1, -0.05) is 116 Å². The third-order valence-electron chi connectivity index (χ3n) is 8.65. The number of aliphatic hydroxyl groups excluding tert-OH is 4. The van der Waals surface area contributed by atoms with Gasteiger partial charge in [0.2, 0.25) is 0 Å². The molecule has 2 unspecified atom stereocenters. The normalized spacial score (nSPS) is 22.0. The molecule has 0 aromatic rings. The third-order valence-corrected chi connectivity index (χ3v) is 8.65. The van der Waals surface area contributed by atoms with Crippen LogP contribution in [0.15, 0.2) is 12.2 Å². The monoisotopic (exact) mass is 672 g/mol. The molecule has 0 radical (unpaired) electrons. The van der Waals surface area contributed by atoms with E-state index in [2.05, 4.69) is 26.0 Å². The van der Waals surface area contributed by atoms with Crippen molar-refractivity contribution in [2.45, 2.75) is 192 Å². The van der Waals surface area contributed by atoms with Gasteiger partial charge in [0.05, 0.1) is 13.2 Å². The van der Waals surface area contributed by atoms with Crippen molar-refractivity contribution in [3.63, 3.8) is 0 Å². The van der Waals surface area contributed by atoms with Gasteiger partial charge in [-0.25, -0.2) is 0 Å². The summed E-state index contributed by atoms with van der Waals surface area (Å²) in [5.74, 6) is -0.837. The second-order valence-corrected chi connectivity index (χ2v) is 13.0. The van der Waals surface area contributed by atoms with Gasteiger partial charge in [0.15, 0.2) is 12.4 Å². The molecule has 10 heteroatoms. The maximum Gasteiger partial charge on any atom is 0.306 e. The lowest BCUT2D eigenvalue weighted by atomic mass is 9.99. The van der Waals surface area contributed by atoms with Gasteiger partial charge in [0.25, 0.3) is 0 Å². The average Bonchev–Trinajstić information content (AvgIpc) is 3.06. The molecular formula is C37H68O10. The van der Waals surface area contributed by atoms with E-state index in [4.69, 9.17) is 18.9 Å². The van der Waals surface area contributed by atoms with E-state index in [0.717, 1.165) is 44.9 Å². The number of unbranched alkanes of at least 4 members (excludes halogenated alkanes) is 17. The summed E-state index contributed by atoms with van der Waals surface area (Å²) < 4.78 is 21.9. The van der Waals surface area contributed by atoms with E-state index in [1.807, 2.05) is 0 Å². The zero-order valence-corrected chi connectivity index (χ0v) is 29.5. The van der Waals surface area contributed by atoms with Crippen LogP contribution in [0, 0.1) is 0 Å². The van der Waals surface area contributed by atoms with Crippen LogP contribution >= 0.6 is 0 Å². The van der Waals surface area contributed by atoms with Crippen LogP contribution in [-0.2, 0) is 28.5 Å². The van der Waals surface area contributed by atoms with Crippen LogP contribution in [0.5, 0.6) is 0 Å². The minimum Gasteiger partial charge on any atom is -0.462 e. The quantitative estimate of drug-likeness (QED) is 0.0381. The minimum atomic E-state index is -1.59. The first kappa shape index (κ1) is 43.5. The minimum absolute atomic E-state index is 0.203. The predicted molar refractivity (Wildman–Crippen MR) is 183 cm³/mol.